The molecule has 0 amide bonds. The summed E-state index contributed by atoms with van der Waals surface area (Å²) in [6.07, 6.45) is 0. The summed E-state index contributed by atoms with van der Waals surface area (Å²) in [5.41, 5.74) is 12.6. The van der Waals surface area contributed by atoms with E-state index in [1.165, 1.54) is 0 Å². The van der Waals surface area contributed by atoms with E-state index in [9.17, 15) is 0 Å². The van der Waals surface area contributed by atoms with Gasteiger partial charge >= 0.3 is 0 Å². The molecule has 0 fully saturated rings. The largest absolute Gasteiger partial charge is 0.231 e. The maximum atomic E-state index is 5.36. The molecule has 7 aromatic carbocycles. The molecule has 3 heterocycles. The van der Waals surface area contributed by atoms with Crippen molar-refractivity contribution in [1.82, 2.24) is 24.6 Å². The van der Waals surface area contributed by atoms with E-state index < -0.39 is 0 Å². The maximum absolute atomic E-state index is 5.36. The Kier molecular flexibility index (Phi) is 8.08. The average Bonchev–Trinajstić information content (AvgIpc) is 3.68. The van der Waals surface area contributed by atoms with Gasteiger partial charge < -0.3 is 0 Å². The summed E-state index contributed by atoms with van der Waals surface area (Å²) in [5.74, 6) is 1.93. The number of pyridine rings is 1. The Morgan fingerprint density at radius 1 is 0.327 bits per heavy atom. The lowest BCUT2D eigenvalue weighted by molar-refractivity contribution is 0.979. The molecule has 0 spiro atoms. The Morgan fingerprint density at radius 3 is 1.27 bits per heavy atom. The monoisotopic (exact) mass is 703 g/mol. The highest BCUT2D eigenvalue weighted by atomic mass is 15.2. The molecule has 0 radical (unpaired) electrons. The number of benzene rings is 7. The first-order chi connectivity index (χ1) is 27.3. The van der Waals surface area contributed by atoms with Gasteiger partial charge in [0.1, 0.15) is 5.69 Å². The van der Waals surface area contributed by atoms with E-state index in [0.29, 0.717) is 17.5 Å². The van der Waals surface area contributed by atoms with Crippen LogP contribution in [0, 0.1) is 0 Å². The second-order valence-corrected chi connectivity index (χ2v) is 13.5. The molecule has 0 aliphatic carbocycles. The van der Waals surface area contributed by atoms with Gasteiger partial charge in [0.05, 0.1) is 11.2 Å². The quantitative estimate of drug-likeness (QED) is 0.166. The number of nitrogens with zero attached hydrogens (tertiary/aromatic N) is 5. The molecule has 0 bridgehead atoms. The van der Waals surface area contributed by atoms with Crippen LogP contribution >= 0.6 is 0 Å². The van der Waals surface area contributed by atoms with Crippen molar-refractivity contribution < 1.29 is 0 Å². The van der Waals surface area contributed by atoms with Gasteiger partial charge in [0.25, 0.3) is 0 Å². The van der Waals surface area contributed by atoms with Crippen molar-refractivity contribution >= 4 is 16.3 Å². The van der Waals surface area contributed by atoms with E-state index >= 15 is 0 Å². The van der Waals surface area contributed by atoms with Crippen LogP contribution in [0.4, 0.5) is 0 Å². The summed E-state index contributed by atoms with van der Waals surface area (Å²) >= 11 is 0. The molecule has 258 valence electrons. The Bertz CT molecular complexity index is 2870. The first kappa shape index (κ1) is 32.2. The minimum absolute atomic E-state index is 0.635. The highest BCUT2D eigenvalue weighted by Crippen LogP contribution is 2.41. The second-order valence-electron chi connectivity index (χ2n) is 13.5. The summed E-state index contributed by atoms with van der Waals surface area (Å²) in [4.78, 5) is 14.7. The van der Waals surface area contributed by atoms with Crippen molar-refractivity contribution in [2.24, 2.45) is 0 Å². The van der Waals surface area contributed by atoms with Crippen LogP contribution in [0.1, 0.15) is 0 Å². The van der Waals surface area contributed by atoms with Crippen molar-refractivity contribution in [3.63, 3.8) is 0 Å². The first-order valence-corrected chi connectivity index (χ1v) is 18.4. The molecule has 10 rings (SSSR count). The molecule has 10 aromatic rings. The zero-order chi connectivity index (χ0) is 36.6. The number of aromatic nitrogens is 5. The van der Waals surface area contributed by atoms with Crippen LogP contribution in [-0.4, -0.2) is 24.6 Å². The summed E-state index contributed by atoms with van der Waals surface area (Å²) in [7, 11) is 0. The summed E-state index contributed by atoms with van der Waals surface area (Å²) < 4.78 is 2.14. The van der Waals surface area contributed by atoms with Crippen molar-refractivity contribution in [3.8, 4) is 78.9 Å². The van der Waals surface area contributed by atoms with Crippen LogP contribution in [0.15, 0.2) is 200 Å². The van der Waals surface area contributed by atoms with Gasteiger partial charge in [0.15, 0.2) is 17.5 Å². The van der Waals surface area contributed by atoms with Gasteiger partial charge in [-0.1, -0.05) is 188 Å². The fourth-order valence-electron chi connectivity index (χ4n) is 7.37. The molecule has 0 aliphatic heterocycles. The van der Waals surface area contributed by atoms with Gasteiger partial charge in [0, 0.05) is 38.8 Å². The van der Waals surface area contributed by atoms with Crippen LogP contribution in [0.3, 0.4) is 0 Å². The molecule has 0 unspecified atom stereocenters. The minimum atomic E-state index is 0.635. The van der Waals surface area contributed by atoms with E-state index in [2.05, 4.69) is 138 Å². The zero-order valence-electron chi connectivity index (χ0n) is 29.8. The minimum Gasteiger partial charge on any atom is -0.231 e. The van der Waals surface area contributed by atoms with Gasteiger partial charge in [0.2, 0.25) is 0 Å². The smallest absolute Gasteiger partial charge is 0.164 e. The molecule has 0 atom stereocenters. The van der Waals surface area contributed by atoms with Crippen molar-refractivity contribution in [1.29, 1.82) is 0 Å². The molecular formula is C50H33N5. The van der Waals surface area contributed by atoms with Crippen LogP contribution < -0.4 is 0 Å². The lowest BCUT2D eigenvalue weighted by Crippen LogP contribution is -2.00. The Balaban J connectivity index is 1.12. The van der Waals surface area contributed by atoms with Crippen LogP contribution in [0.2, 0.25) is 0 Å². The highest BCUT2D eigenvalue weighted by Gasteiger charge is 2.22. The lowest BCUT2D eigenvalue weighted by Gasteiger charge is -2.12. The van der Waals surface area contributed by atoms with E-state index in [0.717, 1.165) is 77.7 Å². The molecule has 5 heteroatoms. The summed E-state index contributed by atoms with van der Waals surface area (Å²) in [6.45, 7) is 0. The molecule has 55 heavy (non-hydrogen) atoms. The molecule has 0 saturated heterocycles. The zero-order valence-corrected chi connectivity index (χ0v) is 29.8. The maximum Gasteiger partial charge on any atom is 0.164 e. The third-order valence-electron chi connectivity index (χ3n) is 10.1. The van der Waals surface area contributed by atoms with Gasteiger partial charge in [-0.25, -0.2) is 19.5 Å². The topological polar surface area (TPSA) is 56.0 Å². The molecular weight excluding hydrogens is 671 g/mol. The van der Waals surface area contributed by atoms with E-state index in [1.807, 2.05) is 66.7 Å². The summed E-state index contributed by atoms with van der Waals surface area (Å²) in [6, 6.07) is 69.3. The number of hydrogen-bond donors (Lipinski definition) is 0. The highest BCUT2D eigenvalue weighted by molar-refractivity contribution is 6.09. The Morgan fingerprint density at radius 2 is 0.745 bits per heavy atom. The van der Waals surface area contributed by atoms with Crippen molar-refractivity contribution in [2.45, 2.75) is 0 Å². The SMILES string of the molecule is c1ccc(-c2nc(-c3ccccc3)nc(-c3ccc(-c4ccc5c(c4)cc(-c4ccccc4)n4nc(-c6ccccc6)c(-c6ccccc6)c54)cc3)n2)cc1. The molecule has 0 N–H and O–H groups in total. The Hall–Kier alpha value is -7.50. The number of hydrogen-bond acceptors (Lipinski definition) is 4. The Labute approximate surface area is 318 Å². The fraction of sp³-hybridized carbons (Fsp3) is 0. The van der Waals surface area contributed by atoms with Crippen LogP contribution in [0.5, 0.6) is 0 Å². The van der Waals surface area contributed by atoms with Gasteiger partial charge in [-0.2, -0.15) is 5.10 Å². The van der Waals surface area contributed by atoms with Crippen LogP contribution in [-0.2, 0) is 0 Å². The number of rotatable bonds is 7. The first-order valence-electron chi connectivity index (χ1n) is 18.4. The van der Waals surface area contributed by atoms with E-state index in [-0.39, 0.29) is 0 Å². The summed E-state index contributed by atoms with van der Waals surface area (Å²) in [5, 5.41) is 7.64. The van der Waals surface area contributed by atoms with Crippen molar-refractivity contribution in [2.75, 3.05) is 0 Å². The van der Waals surface area contributed by atoms with E-state index in [1.54, 1.807) is 0 Å². The number of fused-ring (bicyclic) bond motifs is 3. The third kappa shape index (κ3) is 6.04. The average molecular weight is 704 g/mol. The molecule has 0 aliphatic rings. The second kappa shape index (κ2) is 13.8. The van der Waals surface area contributed by atoms with Crippen LogP contribution in [0.25, 0.3) is 95.2 Å². The fourth-order valence-corrected chi connectivity index (χ4v) is 7.37. The molecule has 5 nitrogen and oxygen atoms in total. The van der Waals surface area contributed by atoms with Gasteiger partial charge in [-0.3, -0.25) is 0 Å². The van der Waals surface area contributed by atoms with Gasteiger partial charge in [-0.05, 0) is 34.2 Å². The van der Waals surface area contributed by atoms with E-state index in [4.69, 9.17) is 20.1 Å². The van der Waals surface area contributed by atoms with Crippen molar-refractivity contribution in [3.05, 3.63) is 200 Å². The molecule has 0 saturated carbocycles. The van der Waals surface area contributed by atoms with Gasteiger partial charge in [-0.15, -0.1) is 0 Å². The normalized spacial score (nSPS) is 11.3. The third-order valence-corrected chi connectivity index (χ3v) is 10.1. The standard InChI is InChI=1S/C50H33N5/c1-6-16-35(17-7-1)44-33-42-32-41(30-31-43(42)47-45(36-18-8-2-9-19-36)46(54-55(44)47)37-20-10-3-11-21-37)34-26-28-40(29-27-34)50-52-48(38-22-12-4-13-23-38)51-49(53-50)39-24-14-5-15-25-39/h1-33H. The predicted octanol–water partition coefficient (Wildman–Crippen LogP) is 12.3. The predicted molar refractivity (Wildman–Crippen MR) is 224 cm³/mol. The lowest BCUT2D eigenvalue weighted by atomic mass is 9.95. The molecule has 3 aromatic heterocycles.